The first-order chi connectivity index (χ1) is 9.74. The lowest BCUT2D eigenvalue weighted by atomic mass is 10.1. The van der Waals surface area contributed by atoms with E-state index in [4.69, 9.17) is 5.11 Å². The van der Waals surface area contributed by atoms with E-state index in [9.17, 15) is 4.79 Å². The van der Waals surface area contributed by atoms with Gasteiger partial charge in [-0.15, -0.1) is 11.3 Å². The van der Waals surface area contributed by atoms with E-state index in [-0.39, 0.29) is 5.56 Å². The normalized spacial score (nSPS) is 10.4. The van der Waals surface area contributed by atoms with Crippen molar-refractivity contribution >= 4 is 17.3 Å². The second-order valence-corrected chi connectivity index (χ2v) is 5.10. The van der Waals surface area contributed by atoms with Crippen LogP contribution in [0.25, 0.3) is 21.8 Å². The molecule has 5 heteroatoms. The van der Waals surface area contributed by atoms with E-state index in [2.05, 4.69) is 9.97 Å². The number of nitrogens with zero attached hydrogens (tertiary/aromatic N) is 2. The van der Waals surface area contributed by atoms with Crippen LogP contribution in [0.4, 0.5) is 0 Å². The molecule has 0 fully saturated rings. The number of carboxylic acid groups (broad SMARTS) is 1. The van der Waals surface area contributed by atoms with Gasteiger partial charge in [0.2, 0.25) is 0 Å². The molecule has 0 saturated heterocycles. The molecule has 0 amide bonds. The van der Waals surface area contributed by atoms with Crippen molar-refractivity contribution < 1.29 is 9.90 Å². The molecule has 0 radical (unpaired) electrons. The predicted octanol–water partition coefficient (Wildman–Crippen LogP) is 3.57. The molecule has 0 aliphatic carbocycles. The van der Waals surface area contributed by atoms with Crippen molar-refractivity contribution in [1.29, 1.82) is 0 Å². The Labute approximate surface area is 119 Å². The summed E-state index contributed by atoms with van der Waals surface area (Å²) in [5.41, 5.74) is 2.44. The number of carboxylic acids is 1. The zero-order chi connectivity index (χ0) is 13.9. The fourth-order valence-corrected chi connectivity index (χ4v) is 2.54. The molecule has 0 atom stereocenters. The Kier molecular flexibility index (Phi) is 3.26. The lowest BCUT2D eigenvalue weighted by Crippen LogP contribution is -1.96. The van der Waals surface area contributed by atoms with E-state index in [0.717, 1.165) is 16.1 Å². The average molecular weight is 282 g/mol. The van der Waals surface area contributed by atoms with Crippen molar-refractivity contribution in [2.45, 2.75) is 0 Å². The first-order valence-electron chi connectivity index (χ1n) is 5.94. The third kappa shape index (κ3) is 2.44. The second-order valence-electron chi connectivity index (χ2n) is 4.15. The summed E-state index contributed by atoms with van der Waals surface area (Å²) in [4.78, 5) is 20.8. The topological polar surface area (TPSA) is 63.1 Å². The molecule has 98 valence electrons. The van der Waals surface area contributed by atoms with Crippen LogP contribution in [0.2, 0.25) is 0 Å². The van der Waals surface area contributed by atoms with E-state index in [0.29, 0.717) is 5.69 Å². The Morgan fingerprint density at radius 2 is 1.95 bits per heavy atom. The lowest BCUT2D eigenvalue weighted by molar-refractivity contribution is 0.0697. The van der Waals surface area contributed by atoms with E-state index >= 15 is 0 Å². The molecule has 2 heterocycles. The van der Waals surface area contributed by atoms with Crippen LogP contribution in [0.15, 0.2) is 54.2 Å². The van der Waals surface area contributed by atoms with Crippen molar-refractivity contribution in [3.05, 3.63) is 59.7 Å². The van der Waals surface area contributed by atoms with Crippen LogP contribution in [-0.2, 0) is 0 Å². The highest BCUT2D eigenvalue weighted by Crippen LogP contribution is 2.25. The molecule has 0 bridgehead atoms. The smallest absolute Gasteiger partial charge is 0.335 e. The molecule has 0 spiro atoms. The van der Waals surface area contributed by atoms with Crippen LogP contribution >= 0.6 is 11.3 Å². The van der Waals surface area contributed by atoms with Crippen molar-refractivity contribution in [3.63, 3.8) is 0 Å². The molecule has 0 aliphatic heterocycles. The number of thiophene rings is 1. The maximum atomic E-state index is 11.0. The van der Waals surface area contributed by atoms with Crippen LogP contribution in [0.3, 0.4) is 0 Å². The monoisotopic (exact) mass is 282 g/mol. The quantitative estimate of drug-likeness (QED) is 0.797. The molecular weight excluding hydrogens is 272 g/mol. The minimum Gasteiger partial charge on any atom is -0.478 e. The standard InChI is InChI=1S/C15H10N2O2S/c18-15(19)11-4-1-3-10(7-11)12-8-16-9-13(17-12)14-5-2-6-20-14/h1-9H,(H,18,19). The molecule has 2 aromatic heterocycles. The highest BCUT2D eigenvalue weighted by molar-refractivity contribution is 7.13. The Balaban J connectivity index is 2.04. The van der Waals surface area contributed by atoms with Gasteiger partial charge in [-0.3, -0.25) is 4.98 Å². The number of carbonyl (C=O) groups is 1. The molecule has 1 aromatic carbocycles. The number of rotatable bonds is 3. The van der Waals surface area contributed by atoms with Crippen molar-refractivity contribution in [2.24, 2.45) is 0 Å². The fourth-order valence-electron chi connectivity index (χ4n) is 1.86. The molecule has 3 rings (SSSR count). The van der Waals surface area contributed by atoms with Gasteiger partial charge in [0.1, 0.15) is 0 Å². The first-order valence-corrected chi connectivity index (χ1v) is 6.81. The van der Waals surface area contributed by atoms with E-state index in [1.54, 1.807) is 41.9 Å². The van der Waals surface area contributed by atoms with Gasteiger partial charge in [0, 0.05) is 5.56 Å². The Bertz CT molecular complexity index is 754. The Morgan fingerprint density at radius 3 is 2.70 bits per heavy atom. The maximum Gasteiger partial charge on any atom is 0.335 e. The highest BCUT2D eigenvalue weighted by Gasteiger charge is 2.08. The number of aromatic nitrogens is 2. The van der Waals surface area contributed by atoms with Gasteiger partial charge in [-0.25, -0.2) is 9.78 Å². The molecular formula is C15H10N2O2S. The van der Waals surface area contributed by atoms with E-state index in [1.165, 1.54) is 0 Å². The van der Waals surface area contributed by atoms with Crippen LogP contribution in [0.5, 0.6) is 0 Å². The summed E-state index contributed by atoms with van der Waals surface area (Å²) < 4.78 is 0. The van der Waals surface area contributed by atoms with Crippen LogP contribution in [0.1, 0.15) is 10.4 Å². The molecule has 0 aliphatic rings. The van der Waals surface area contributed by atoms with E-state index in [1.807, 2.05) is 23.6 Å². The largest absolute Gasteiger partial charge is 0.478 e. The minimum absolute atomic E-state index is 0.242. The summed E-state index contributed by atoms with van der Waals surface area (Å²) in [6.45, 7) is 0. The second kappa shape index (κ2) is 5.22. The van der Waals surface area contributed by atoms with Gasteiger partial charge in [0.15, 0.2) is 0 Å². The Morgan fingerprint density at radius 1 is 1.10 bits per heavy atom. The van der Waals surface area contributed by atoms with Crippen molar-refractivity contribution in [1.82, 2.24) is 9.97 Å². The van der Waals surface area contributed by atoms with Crippen molar-refractivity contribution in [3.8, 4) is 21.8 Å². The summed E-state index contributed by atoms with van der Waals surface area (Å²) in [7, 11) is 0. The fraction of sp³-hybridized carbons (Fsp3) is 0. The molecule has 0 unspecified atom stereocenters. The van der Waals surface area contributed by atoms with Crippen molar-refractivity contribution in [2.75, 3.05) is 0 Å². The van der Waals surface area contributed by atoms with Crippen LogP contribution < -0.4 is 0 Å². The minimum atomic E-state index is -0.950. The zero-order valence-electron chi connectivity index (χ0n) is 10.4. The summed E-state index contributed by atoms with van der Waals surface area (Å²) >= 11 is 1.59. The van der Waals surface area contributed by atoms with Gasteiger partial charge in [0.05, 0.1) is 34.2 Å². The molecule has 0 saturated carbocycles. The molecule has 20 heavy (non-hydrogen) atoms. The predicted molar refractivity (Wildman–Crippen MR) is 77.7 cm³/mol. The number of aromatic carboxylic acids is 1. The van der Waals surface area contributed by atoms with Gasteiger partial charge in [-0.05, 0) is 23.6 Å². The number of benzene rings is 1. The summed E-state index contributed by atoms with van der Waals surface area (Å²) in [5, 5.41) is 11.0. The molecule has 4 nitrogen and oxygen atoms in total. The first kappa shape index (κ1) is 12.5. The number of hydrogen-bond acceptors (Lipinski definition) is 4. The molecule has 3 aromatic rings. The van der Waals surface area contributed by atoms with Gasteiger partial charge in [-0.2, -0.15) is 0 Å². The highest BCUT2D eigenvalue weighted by atomic mass is 32.1. The zero-order valence-corrected chi connectivity index (χ0v) is 11.2. The summed E-state index contributed by atoms with van der Waals surface area (Å²) in [6.07, 6.45) is 3.34. The third-order valence-corrected chi connectivity index (χ3v) is 3.71. The average Bonchev–Trinajstić information content (AvgIpc) is 3.02. The SMILES string of the molecule is O=C(O)c1cccc(-c2cncc(-c3cccs3)n2)c1. The molecule has 1 N–H and O–H groups in total. The van der Waals surface area contributed by atoms with Crippen LogP contribution in [-0.4, -0.2) is 21.0 Å². The number of hydrogen-bond donors (Lipinski definition) is 1. The third-order valence-electron chi connectivity index (χ3n) is 2.81. The maximum absolute atomic E-state index is 11.0. The summed E-state index contributed by atoms with van der Waals surface area (Å²) in [5.74, 6) is -0.950. The lowest BCUT2D eigenvalue weighted by Gasteiger charge is -2.04. The van der Waals surface area contributed by atoms with Gasteiger partial charge >= 0.3 is 5.97 Å². The van der Waals surface area contributed by atoms with E-state index < -0.39 is 5.97 Å². The van der Waals surface area contributed by atoms with Gasteiger partial charge in [0.25, 0.3) is 0 Å². The van der Waals surface area contributed by atoms with Gasteiger partial charge < -0.3 is 5.11 Å². The summed E-state index contributed by atoms with van der Waals surface area (Å²) in [6, 6.07) is 10.6. The Hall–Kier alpha value is -2.53. The van der Waals surface area contributed by atoms with Gasteiger partial charge in [-0.1, -0.05) is 18.2 Å². The van der Waals surface area contributed by atoms with Crippen LogP contribution in [0, 0.1) is 0 Å².